The lowest BCUT2D eigenvalue weighted by molar-refractivity contribution is 0.0950. The molecule has 0 aliphatic rings. The van der Waals surface area contributed by atoms with E-state index in [2.05, 4.69) is 25.9 Å². The molecule has 0 unspecified atom stereocenters. The van der Waals surface area contributed by atoms with E-state index in [0.29, 0.717) is 42.2 Å². The highest BCUT2D eigenvalue weighted by molar-refractivity contribution is 7.91. The van der Waals surface area contributed by atoms with Crippen molar-refractivity contribution < 1.29 is 17.9 Å². The van der Waals surface area contributed by atoms with Crippen LogP contribution in [0.15, 0.2) is 47.4 Å². The molecule has 38 heavy (non-hydrogen) atoms. The van der Waals surface area contributed by atoms with Gasteiger partial charge in [-0.15, -0.1) is 0 Å². The minimum atomic E-state index is -3.52. The Hall–Kier alpha value is -3.61. The molecule has 1 amide bonds. The third-order valence-corrected chi connectivity index (χ3v) is 7.72. The van der Waals surface area contributed by atoms with E-state index in [9.17, 15) is 13.2 Å². The van der Waals surface area contributed by atoms with Crippen LogP contribution < -0.4 is 26.4 Å². The fraction of sp³-hybridized carbons (Fsp3) is 0.320. The minimum absolute atomic E-state index is 0.00160. The fourth-order valence-corrected chi connectivity index (χ4v) is 5.13. The number of anilines is 5. The van der Waals surface area contributed by atoms with Gasteiger partial charge >= 0.3 is 0 Å². The molecule has 0 saturated heterocycles. The van der Waals surface area contributed by atoms with Crippen molar-refractivity contribution in [3.05, 3.63) is 53.1 Å². The first-order chi connectivity index (χ1) is 18.1. The summed E-state index contributed by atoms with van der Waals surface area (Å²) in [4.78, 5) is 23.2. The van der Waals surface area contributed by atoms with Crippen LogP contribution >= 0.6 is 11.6 Å². The monoisotopic (exact) mass is 561 g/mol. The van der Waals surface area contributed by atoms with Crippen LogP contribution in [0.5, 0.6) is 5.75 Å². The van der Waals surface area contributed by atoms with Crippen LogP contribution in [-0.4, -0.2) is 69.2 Å². The summed E-state index contributed by atoms with van der Waals surface area (Å²) in [6, 6.07) is 11.4. The number of nitrogens with zero attached hydrogens (tertiary/aromatic N) is 3. The van der Waals surface area contributed by atoms with Crippen LogP contribution in [0, 0.1) is 0 Å². The average Bonchev–Trinajstić information content (AvgIpc) is 2.87. The Morgan fingerprint density at radius 3 is 2.53 bits per heavy atom. The molecule has 0 saturated carbocycles. The number of ether oxygens (including phenoxy) is 1. The highest BCUT2D eigenvalue weighted by atomic mass is 35.5. The predicted molar refractivity (Wildman–Crippen MR) is 151 cm³/mol. The second kappa shape index (κ2) is 12.8. The van der Waals surface area contributed by atoms with E-state index in [-0.39, 0.29) is 39.2 Å². The number of hydrogen-bond donors (Lipinski definition) is 4. The molecule has 0 aliphatic heterocycles. The van der Waals surface area contributed by atoms with Gasteiger partial charge in [-0.2, -0.15) is 9.97 Å². The number of benzene rings is 2. The Labute approximate surface area is 227 Å². The first-order valence-electron chi connectivity index (χ1n) is 11.9. The molecule has 3 aromatic rings. The highest BCUT2D eigenvalue weighted by Crippen LogP contribution is 2.34. The van der Waals surface area contributed by atoms with Crippen molar-refractivity contribution in [3.63, 3.8) is 0 Å². The quantitative estimate of drug-likeness (QED) is 0.257. The number of para-hydroxylation sites is 1. The van der Waals surface area contributed by atoms with E-state index < -0.39 is 9.84 Å². The Bertz CT molecular complexity index is 1400. The van der Waals surface area contributed by atoms with Gasteiger partial charge in [-0.3, -0.25) is 4.79 Å². The normalized spacial score (nSPS) is 11.3. The third kappa shape index (κ3) is 7.24. The number of nitrogens with two attached hydrogens (primary N) is 1. The van der Waals surface area contributed by atoms with Crippen molar-refractivity contribution in [2.45, 2.75) is 18.2 Å². The van der Waals surface area contributed by atoms with Gasteiger partial charge in [-0.1, -0.05) is 30.7 Å². The molecule has 13 heteroatoms. The van der Waals surface area contributed by atoms with Gasteiger partial charge in [0.1, 0.15) is 16.6 Å². The molecule has 1 heterocycles. The summed E-state index contributed by atoms with van der Waals surface area (Å²) in [5.41, 5.74) is 7.26. The van der Waals surface area contributed by atoms with Crippen LogP contribution in [0.1, 0.15) is 23.7 Å². The van der Waals surface area contributed by atoms with Gasteiger partial charge < -0.3 is 31.3 Å². The van der Waals surface area contributed by atoms with Gasteiger partial charge in [0.2, 0.25) is 5.95 Å². The van der Waals surface area contributed by atoms with E-state index >= 15 is 0 Å². The maximum absolute atomic E-state index is 12.7. The molecule has 3 rings (SSSR count). The van der Waals surface area contributed by atoms with Crippen LogP contribution in [0.2, 0.25) is 5.02 Å². The van der Waals surface area contributed by atoms with E-state index in [0.717, 1.165) is 0 Å². The van der Waals surface area contributed by atoms with Crippen LogP contribution in [0.4, 0.5) is 29.0 Å². The number of carbonyl (C=O) groups is 1. The molecule has 0 spiro atoms. The Kier molecular flexibility index (Phi) is 9.72. The highest BCUT2D eigenvalue weighted by Gasteiger charge is 2.20. The van der Waals surface area contributed by atoms with Gasteiger partial charge in [-0.25, -0.2) is 8.42 Å². The number of rotatable bonds is 12. The lowest BCUT2D eigenvalue weighted by Crippen LogP contribution is -2.31. The summed E-state index contributed by atoms with van der Waals surface area (Å²) in [5, 5.41) is 8.90. The number of hydrogen-bond acceptors (Lipinski definition) is 10. The molecule has 0 atom stereocenters. The molecular formula is C25H32ClN7O4S. The number of nitrogen functional groups attached to an aromatic ring is 1. The number of halogens is 1. The summed E-state index contributed by atoms with van der Waals surface area (Å²) < 4.78 is 31.0. The molecule has 11 nitrogen and oxygen atoms in total. The molecular weight excluding hydrogens is 530 g/mol. The van der Waals surface area contributed by atoms with Crippen LogP contribution in [0.3, 0.4) is 0 Å². The van der Waals surface area contributed by atoms with Crippen molar-refractivity contribution >= 4 is 56.3 Å². The zero-order valence-corrected chi connectivity index (χ0v) is 23.3. The molecule has 2 aromatic carbocycles. The van der Waals surface area contributed by atoms with Crippen molar-refractivity contribution in [1.82, 2.24) is 20.2 Å². The number of aromatic nitrogens is 2. The minimum Gasteiger partial charge on any atom is -0.495 e. The van der Waals surface area contributed by atoms with Crippen molar-refractivity contribution in [2.24, 2.45) is 0 Å². The standard InChI is InChI=1S/C25H32ClN7O4S/c1-5-14-38(35,36)20-9-7-6-8-18(20)29-23-21(26)22(27)31-25(32-23)30-17-11-10-16(15-19(17)37-4)24(34)28-12-13-33(2)3/h6-11,15H,5,12-14H2,1-4H3,(H,28,34)(H4,27,29,30,31,32). The Morgan fingerprint density at radius 1 is 1.11 bits per heavy atom. The molecule has 0 radical (unpaired) electrons. The van der Waals surface area contributed by atoms with Gasteiger partial charge in [0, 0.05) is 18.7 Å². The van der Waals surface area contributed by atoms with Crippen molar-refractivity contribution in [3.8, 4) is 5.75 Å². The molecule has 5 N–H and O–H groups in total. The van der Waals surface area contributed by atoms with Crippen molar-refractivity contribution in [2.75, 3.05) is 56.4 Å². The third-order valence-electron chi connectivity index (χ3n) is 5.38. The van der Waals surface area contributed by atoms with Gasteiger partial charge in [-0.05, 0) is 50.8 Å². The lowest BCUT2D eigenvalue weighted by atomic mass is 10.1. The van der Waals surface area contributed by atoms with Gasteiger partial charge in [0.15, 0.2) is 15.7 Å². The maximum Gasteiger partial charge on any atom is 0.251 e. The number of sulfone groups is 1. The number of methoxy groups -OCH3 is 1. The SMILES string of the molecule is CCCS(=O)(=O)c1ccccc1Nc1nc(Nc2ccc(C(=O)NCCN(C)C)cc2OC)nc(N)c1Cl. The number of amides is 1. The van der Waals surface area contributed by atoms with Crippen molar-refractivity contribution in [1.29, 1.82) is 0 Å². The topological polar surface area (TPSA) is 152 Å². The number of nitrogens with one attached hydrogen (secondary N) is 3. The fourth-order valence-electron chi connectivity index (χ4n) is 3.50. The molecule has 0 aliphatic carbocycles. The van der Waals surface area contributed by atoms with E-state index in [1.807, 2.05) is 19.0 Å². The number of likely N-dealkylation sites (N-methyl/N-ethyl adjacent to an activating group) is 1. The first kappa shape index (κ1) is 29.0. The second-order valence-corrected chi connectivity index (χ2v) is 11.1. The number of carbonyl (C=O) groups excluding carboxylic acids is 1. The smallest absolute Gasteiger partial charge is 0.251 e. The van der Waals surface area contributed by atoms with Gasteiger partial charge in [0.25, 0.3) is 5.91 Å². The zero-order chi connectivity index (χ0) is 27.9. The lowest BCUT2D eigenvalue weighted by Gasteiger charge is -2.16. The summed E-state index contributed by atoms with van der Waals surface area (Å²) in [6.45, 7) is 3.01. The molecule has 0 bridgehead atoms. The predicted octanol–water partition coefficient (Wildman–Crippen LogP) is 3.68. The molecule has 0 fully saturated rings. The van der Waals surface area contributed by atoms with Gasteiger partial charge in [0.05, 0.1) is 29.1 Å². The molecule has 204 valence electrons. The maximum atomic E-state index is 12.7. The largest absolute Gasteiger partial charge is 0.495 e. The Morgan fingerprint density at radius 2 is 1.84 bits per heavy atom. The molecule has 1 aromatic heterocycles. The average molecular weight is 562 g/mol. The van der Waals surface area contributed by atoms with Crippen LogP contribution in [-0.2, 0) is 9.84 Å². The van der Waals surface area contributed by atoms with E-state index in [1.165, 1.54) is 13.2 Å². The summed E-state index contributed by atoms with van der Waals surface area (Å²) >= 11 is 6.36. The second-order valence-electron chi connectivity index (χ2n) is 8.63. The van der Waals surface area contributed by atoms with E-state index in [1.54, 1.807) is 43.3 Å². The Balaban J connectivity index is 1.88. The van der Waals surface area contributed by atoms with E-state index in [4.69, 9.17) is 22.1 Å². The summed E-state index contributed by atoms with van der Waals surface area (Å²) in [5.74, 6) is 0.347. The summed E-state index contributed by atoms with van der Waals surface area (Å²) in [6.07, 6.45) is 0.477. The summed E-state index contributed by atoms with van der Waals surface area (Å²) in [7, 11) is 1.81. The zero-order valence-electron chi connectivity index (χ0n) is 21.7. The first-order valence-corrected chi connectivity index (χ1v) is 13.9. The van der Waals surface area contributed by atoms with Crippen LogP contribution in [0.25, 0.3) is 0 Å².